The highest BCUT2D eigenvalue weighted by Gasteiger charge is 2.11. The standard InChI is InChI=1S/C14H11IO2S/c15-14(12-7-3-1-4-8-12)11-18(16,17)13-9-5-2-6-10-13/h1-11H. The first-order valence-electron chi connectivity index (χ1n) is 5.32. The van der Waals surface area contributed by atoms with Gasteiger partial charge >= 0.3 is 0 Å². The number of hydrogen-bond acceptors (Lipinski definition) is 2. The van der Waals surface area contributed by atoms with E-state index >= 15 is 0 Å². The van der Waals surface area contributed by atoms with Gasteiger partial charge in [0.05, 0.1) is 4.90 Å². The molecule has 0 spiro atoms. The molecule has 0 saturated carbocycles. The van der Waals surface area contributed by atoms with Crippen LogP contribution < -0.4 is 0 Å². The van der Waals surface area contributed by atoms with Crippen LogP contribution in [0.15, 0.2) is 71.0 Å². The topological polar surface area (TPSA) is 34.1 Å². The molecule has 2 rings (SSSR count). The van der Waals surface area contributed by atoms with Gasteiger partial charge in [0, 0.05) is 8.99 Å². The quantitative estimate of drug-likeness (QED) is 0.769. The lowest BCUT2D eigenvalue weighted by molar-refractivity contribution is 0.605. The van der Waals surface area contributed by atoms with Gasteiger partial charge in [0.1, 0.15) is 0 Å². The van der Waals surface area contributed by atoms with Crippen LogP contribution in [0.25, 0.3) is 3.58 Å². The lowest BCUT2D eigenvalue weighted by atomic mass is 10.2. The molecule has 0 aliphatic heterocycles. The van der Waals surface area contributed by atoms with Gasteiger partial charge in [0.2, 0.25) is 9.84 Å². The lowest BCUT2D eigenvalue weighted by Crippen LogP contribution is -1.96. The van der Waals surface area contributed by atoms with Crippen molar-refractivity contribution in [2.24, 2.45) is 0 Å². The van der Waals surface area contributed by atoms with E-state index in [4.69, 9.17) is 0 Å². The molecule has 2 aromatic carbocycles. The van der Waals surface area contributed by atoms with E-state index in [1.807, 2.05) is 52.9 Å². The summed E-state index contributed by atoms with van der Waals surface area (Å²) in [4.78, 5) is 0.315. The van der Waals surface area contributed by atoms with E-state index in [1.54, 1.807) is 30.3 Å². The molecule has 0 radical (unpaired) electrons. The fourth-order valence-electron chi connectivity index (χ4n) is 1.48. The summed E-state index contributed by atoms with van der Waals surface area (Å²) in [6.45, 7) is 0. The normalized spacial score (nSPS) is 12.4. The highest BCUT2D eigenvalue weighted by molar-refractivity contribution is 14.1. The first-order chi connectivity index (χ1) is 8.59. The number of sulfone groups is 1. The zero-order chi connectivity index (χ0) is 13.0. The van der Waals surface area contributed by atoms with E-state index < -0.39 is 9.84 Å². The van der Waals surface area contributed by atoms with Gasteiger partial charge in [-0.05, 0) is 40.3 Å². The van der Waals surface area contributed by atoms with Gasteiger partial charge in [-0.25, -0.2) is 8.42 Å². The lowest BCUT2D eigenvalue weighted by Gasteiger charge is -2.01. The Kier molecular flexibility index (Phi) is 4.19. The van der Waals surface area contributed by atoms with Crippen LogP contribution in [-0.4, -0.2) is 8.42 Å². The van der Waals surface area contributed by atoms with Gasteiger partial charge in [-0.1, -0.05) is 48.5 Å². The summed E-state index contributed by atoms with van der Waals surface area (Å²) in [5.41, 5.74) is 0.901. The van der Waals surface area contributed by atoms with Gasteiger partial charge in [0.25, 0.3) is 0 Å². The summed E-state index contributed by atoms with van der Waals surface area (Å²) in [7, 11) is -3.38. The molecule has 18 heavy (non-hydrogen) atoms. The Bertz CT molecular complexity index is 647. The summed E-state index contributed by atoms with van der Waals surface area (Å²) in [5.74, 6) is 0. The third-order valence-corrected chi connectivity index (χ3v) is 5.21. The van der Waals surface area contributed by atoms with E-state index in [-0.39, 0.29) is 0 Å². The number of hydrogen-bond donors (Lipinski definition) is 0. The molecule has 0 fully saturated rings. The van der Waals surface area contributed by atoms with Gasteiger partial charge in [0.15, 0.2) is 0 Å². The molecule has 4 heteroatoms. The molecule has 2 nitrogen and oxygen atoms in total. The Balaban J connectivity index is 2.39. The fourth-order valence-corrected chi connectivity index (χ4v) is 3.92. The third-order valence-electron chi connectivity index (χ3n) is 2.38. The Morgan fingerprint density at radius 1 is 0.889 bits per heavy atom. The molecule has 0 unspecified atom stereocenters. The second-order valence-electron chi connectivity index (χ2n) is 3.69. The van der Waals surface area contributed by atoms with Crippen molar-refractivity contribution < 1.29 is 8.42 Å². The van der Waals surface area contributed by atoms with Gasteiger partial charge in [-0.3, -0.25) is 0 Å². The van der Waals surface area contributed by atoms with Crippen LogP contribution in [0.1, 0.15) is 5.56 Å². The number of halogens is 1. The molecule has 0 amide bonds. The zero-order valence-corrected chi connectivity index (χ0v) is 12.4. The maximum Gasteiger partial charge on any atom is 0.200 e. The molecule has 0 saturated heterocycles. The SMILES string of the molecule is O=S(=O)(C=C(I)c1ccccc1)c1ccccc1. The van der Waals surface area contributed by atoms with Crippen LogP contribution in [-0.2, 0) is 9.84 Å². The van der Waals surface area contributed by atoms with Crippen molar-refractivity contribution in [2.75, 3.05) is 0 Å². The highest BCUT2D eigenvalue weighted by Crippen LogP contribution is 2.25. The Morgan fingerprint density at radius 3 is 1.94 bits per heavy atom. The van der Waals surface area contributed by atoms with Crippen LogP contribution in [0.4, 0.5) is 0 Å². The van der Waals surface area contributed by atoms with Crippen LogP contribution in [0, 0.1) is 0 Å². The third kappa shape index (κ3) is 3.20. The molecular formula is C14H11IO2S. The smallest absolute Gasteiger partial charge is 0.200 e. The van der Waals surface area contributed by atoms with Crippen molar-refractivity contribution in [1.82, 2.24) is 0 Å². The summed E-state index contributed by atoms with van der Waals surface area (Å²) in [5, 5.41) is 1.30. The van der Waals surface area contributed by atoms with Crippen molar-refractivity contribution in [3.63, 3.8) is 0 Å². The first-order valence-corrected chi connectivity index (χ1v) is 7.95. The minimum atomic E-state index is -3.38. The van der Waals surface area contributed by atoms with E-state index in [9.17, 15) is 8.42 Å². The molecule has 0 aromatic heterocycles. The molecule has 0 bridgehead atoms. The molecule has 0 aliphatic rings. The molecule has 0 N–H and O–H groups in total. The Hall–Kier alpha value is -1.14. The van der Waals surface area contributed by atoms with Crippen molar-refractivity contribution >= 4 is 36.0 Å². The molecular weight excluding hydrogens is 359 g/mol. The average molecular weight is 370 g/mol. The van der Waals surface area contributed by atoms with Gasteiger partial charge < -0.3 is 0 Å². The number of rotatable bonds is 3. The molecule has 92 valence electrons. The van der Waals surface area contributed by atoms with Crippen LogP contribution in [0.2, 0.25) is 0 Å². The largest absolute Gasteiger partial charge is 0.219 e. The predicted octanol–water partition coefficient (Wildman–Crippen LogP) is 3.89. The summed E-state index contributed by atoms with van der Waals surface area (Å²) in [6.07, 6.45) is 0. The van der Waals surface area contributed by atoms with Crippen molar-refractivity contribution in [3.8, 4) is 0 Å². The maximum absolute atomic E-state index is 12.1. The second-order valence-corrected chi connectivity index (χ2v) is 6.65. The molecule has 0 heterocycles. The van der Waals surface area contributed by atoms with Gasteiger partial charge in [-0.2, -0.15) is 0 Å². The summed E-state index contributed by atoms with van der Waals surface area (Å²) in [6, 6.07) is 17.9. The Labute approximate surface area is 120 Å². The maximum atomic E-state index is 12.1. The second kappa shape index (κ2) is 5.67. The fraction of sp³-hybridized carbons (Fsp3) is 0. The minimum absolute atomic E-state index is 0.315. The first kappa shape index (κ1) is 13.3. The highest BCUT2D eigenvalue weighted by atomic mass is 127. The van der Waals surface area contributed by atoms with E-state index in [0.29, 0.717) is 8.48 Å². The van der Waals surface area contributed by atoms with E-state index in [0.717, 1.165) is 5.56 Å². The zero-order valence-electron chi connectivity index (χ0n) is 9.45. The van der Waals surface area contributed by atoms with Crippen molar-refractivity contribution in [2.45, 2.75) is 4.90 Å². The van der Waals surface area contributed by atoms with Crippen LogP contribution in [0.5, 0.6) is 0 Å². The Morgan fingerprint density at radius 2 is 1.39 bits per heavy atom. The molecule has 2 aromatic rings. The van der Waals surface area contributed by atoms with E-state index in [2.05, 4.69) is 0 Å². The molecule has 0 aliphatic carbocycles. The van der Waals surface area contributed by atoms with Crippen molar-refractivity contribution in [3.05, 3.63) is 71.6 Å². The summed E-state index contributed by atoms with van der Waals surface area (Å²) >= 11 is 2.04. The number of benzene rings is 2. The van der Waals surface area contributed by atoms with Crippen LogP contribution >= 0.6 is 22.6 Å². The van der Waals surface area contributed by atoms with E-state index in [1.165, 1.54) is 5.41 Å². The van der Waals surface area contributed by atoms with Crippen LogP contribution in [0.3, 0.4) is 0 Å². The van der Waals surface area contributed by atoms with Crippen molar-refractivity contribution in [1.29, 1.82) is 0 Å². The monoisotopic (exact) mass is 370 g/mol. The predicted molar refractivity (Wildman–Crippen MR) is 82.1 cm³/mol. The summed E-state index contributed by atoms with van der Waals surface area (Å²) < 4.78 is 25.0. The van der Waals surface area contributed by atoms with Gasteiger partial charge in [-0.15, -0.1) is 0 Å². The molecule has 0 atom stereocenters. The minimum Gasteiger partial charge on any atom is -0.219 e. The average Bonchev–Trinajstić information content (AvgIpc) is 2.40.